The van der Waals surface area contributed by atoms with Gasteiger partial charge in [-0.1, -0.05) is 25.1 Å². The van der Waals surface area contributed by atoms with Crippen LogP contribution in [0.2, 0.25) is 0 Å². The highest BCUT2D eigenvalue weighted by molar-refractivity contribution is 6.10. The van der Waals surface area contributed by atoms with Crippen molar-refractivity contribution in [3.63, 3.8) is 0 Å². The molecule has 10 heteroatoms. The summed E-state index contributed by atoms with van der Waals surface area (Å²) in [4.78, 5) is 63.4. The Labute approximate surface area is 193 Å². The highest BCUT2D eigenvalue weighted by atomic mass is 19.1. The van der Waals surface area contributed by atoms with Crippen LogP contribution in [-0.4, -0.2) is 45.0 Å². The number of amides is 3. The van der Waals surface area contributed by atoms with Gasteiger partial charge in [-0.05, 0) is 42.7 Å². The Morgan fingerprint density at radius 3 is 2.47 bits per heavy atom. The maximum absolute atomic E-state index is 13.4. The third kappa shape index (κ3) is 4.09. The Kier molecular flexibility index (Phi) is 6.06. The second kappa shape index (κ2) is 8.97. The molecule has 2 aromatic carbocycles. The van der Waals surface area contributed by atoms with Gasteiger partial charge in [-0.25, -0.2) is 9.40 Å². The lowest BCUT2D eigenvalue weighted by molar-refractivity contribution is -0.384. The molecule has 0 N–H and O–H groups in total. The van der Waals surface area contributed by atoms with Crippen LogP contribution in [0.15, 0.2) is 60.7 Å². The Morgan fingerprint density at radius 2 is 1.82 bits per heavy atom. The molecule has 34 heavy (non-hydrogen) atoms. The van der Waals surface area contributed by atoms with Gasteiger partial charge in [0.05, 0.1) is 16.8 Å². The minimum absolute atomic E-state index is 0.0739. The normalized spacial score (nSPS) is 21.4. The summed E-state index contributed by atoms with van der Waals surface area (Å²) in [5.41, 5.74) is -0.450. The largest absolute Gasteiger partial charge is 0.292 e. The molecule has 174 valence electrons. The van der Waals surface area contributed by atoms with Crippen molar-refractivity contribution < 1.29 is 28.5 Å². The number of carbonyl (C=O) groups is 4. The molecule has 0 bridgehead atoms. The molecule has 0 spiro atoms. The van der Waals surface area contributed by atoms with Crippen molar-refractivity contribution in [1.29, 1.82) is 0 Å². The number of nitro benzene ring substituents is 1. The number of imide groups is 1. The monoisotopic (exact) mass is 465 g/mol. The molecule has 0 unspecified atom stereocenters. The molecule has 9 nitrogen and oxygen atoms in total. The average molecular weight is 465 g/mol. The molecule has 0 aromatic heterocycles. The smallest absolute Gasteiger partial charge is 0.273 e. The summed E-state index contributed by atoms with van der Waals surface area (Å²) < 4.78 is 13.3. The molecule has 0 radical (unpaired) electrons. The molecule has 4 rings (SSSR count). The van der Waals surface area contributed by atoms with Gasteiger partial charge in [0.2, 0.25) is 0 Å². The highest BCUT2D eigenvalue weighted by Gasteiger charge is 2.53. The van der Waals surface area contributed by atoms with Gasteiger partial charge in [0.25, 0.3) is 23.4 Å². The van der Waals surface area contributed by atoms with E-state index >= 15 is 0 Å². The van der Waals surface area contributed by atoms with E-state index in [0.29, 0.717) is 11.4 Å². The van der Waals surface area contributed by atoms with Crippen LogP contribution in [0.3, 0.4) is 0 Å². The number of non-ortho nitro benzene ring substituents is 1. The fourth-order valence-corrected chi connectivity index (χ4v) is 4.37. The van der Waals surface area contributed by atoms with E-state index in [2.05, 4.69) is 0 Å². The fraction of sp³-hybridized carbons (Fsp3) is 0.250. The number of hydrogen-bond donors (Lipinski definition) is 0. The third-order valence-corrected chi connectivity index (χ3v) is 6.09. The van der Waals surface area contributed by atoms with Gasteiger partial charge in [0.15, 0.2) is 5.78 Å². The van der Waals surface area contributed by atoms with Crippen molar-refractivity contribution in [3.8, 4) is 0 Å². The predicted octanol–water partition coefficient (Wildman–Crippen LogP) is 3.17. The van der Waals surface area contributed by atoms with Gasteiger partial charge in [0, 0.05) is 23.3 Å². The Balaban J connectivity index is 1.73. The first-order chi connectivity index (χ1) is 16.2. The summed E-state index contributed by atoms with van der Waals surface area (Å²) in [6.07, 6.45) is 3.95. The molecule has 2 aliphatic rings. The van der Waals surface area contributed by atoms with E-state index in [4.69, 9.17) is 0 Å². The van der Waals surface area contributed by atoms with E-state index in [9.17, 15) is 33.7 Å². The number of benzene rings is 2. The molecule has 1 saturated heterocycles. The molecule has 1 aliphatic heterocycles. The lowest BCUT2D eigenvalue weighted by atomic mass is 9.78. The summed E-state index contributed by atoms with van der Waals surface area (Å²) in [5, 5.41) is 12.6. The van der Waals surface area contributed by atoms with Gasteiger partial charge in [0.1, 0.15) is 12.4 Å². The topological polar surface area (TPSA) is 118 Å². The van der Waals surface area contributed by atoms with E-state index in [1.54, 1.807) is 13.0 Å². The lowest BCUT2D eigenvalue weighted by Gasteiger charge is -2.30. The maximum atomic E-state index is 13.4. The number of nitro groups is 1. The summed E-state index contributed by atoms with van der Waals surface area (Å²) >= 11 is 0. The van der Waals surface area contributed by atoms with Crippen molar-refractivity contribution in [2.45, 2.75) is 13.3 Å². The summed E-state index contributed by atoms with van der Waals surface area (Å²) in [5.74, 6) is -4.94. The highest BCUT2D eigenvalue weighted by Crippen LogP contribution is 2.39. The Morgan fingerprint density at radius 1 is 1.12 bits per heavy atom. The molecule has 1 heterocycles. The van der Waals surface area contributed by atoms with Crippen LogP contribution in [-0.2, 0) is 9.59 Å². The zero-order valence-corrected chi connectivity index (χ0v) is 18.1. The van der Waals surface area contributed by atoms with Gasteiger partial charge >= 0.3 is 0 Å². The van der Waals surface area contributed by atoms with Crippen LogP contribution < -0.4 is 0 Å². The number of halogens is 1. The van der Waals surface area contributed by atoms with Crippen molar-refractivity contribution in [2.24, 2.45) is 17.8 Å². The van der Waals surface area contributed by atoms with Crippen LogP contribution >= 0.6 is 0 Å². The average Bonchev–Trinajstić information content (AvgIpc) is 3.08. The molecular formula is C24H20FN3O6. The van der Waals surface area contributed by atoms with E-state index < -0.39 is 52.6 Å². The zero-order chi connectivity index (χ0) is 24.6. The summed E-state index contributed by atoms with van der Waals surface area (Å²) in [6, 6.07) is 9.42. The minimum Gasteiger partial charge on any atom is -0.292 e. The molecule has 0 saturated carbocycles. The zero-order valence-electron chi connectivity index (χ0n) is 18.1. The molecule has 2 aromatic rings. The van der Waals surface area contributed by atoms with E-state index in [1.807, 2.05) is 6.08 Å². The van der Waals surface area contributed by atoms with E-state index in [-0.39, 0.29) is 22.7 Å². The number of hydrogen-bond acceptors (Lipinski definition) is 6. The van der Waals surface area contributed by atoms with Crippen LogP contribution in [0.5, 0.6) is 0 Å². The second-order valence-corrected chi connectivity index (χ2v) is 8.24. The van der Waals surface area contributed by atoms with Gasteiger partial charge in [-0.15, -0.1) is 0 Å². The van der Waals surface area contributed by atoms with Crippen molar-refractivity contribution in [1.82, 2.24) is 10.0 Å². The van der Waals surface area contributed by atoms with Crippen molar-refractivity contribution >= 4 is 29.2 Å². The number of rotatable bonds is 6. The van der Waals surface area contributed by atoms with Gasteiger partial charge in [-0.3, -0.25) is 29.3 Å². The van der Waals surface area contributed by atoms with E-state index in [0.717, 1.165) is 23.2 Å². The quantitative estimate of drug-likeness (QED) is 0.213. The van der Waals surface area contributed by atoms with Crippen LogP contribution in [0.4, 0.5) is 10.1 Å². The first kappa shape index (κ1) is 23.0. The number of ketones is 1. The number of hydrazine groups is 1. The fourth-order valence-electron chi connectivity index (χ4n) is 4.37. The van der Waals surface area contributed by atoms with Gasteiger partial charge in [-0.2, -0.15) is 5.01 Å². The minimum atomic E-state index is -0.917. The number of carbonyl (C=O) groups excluding carboxylic acids is 4. The summed E-state index contributed by atoms with van der Waals surface area (Å²) in [7, 11) is 0. The standard InChI is InChI=1S/C24H20FN3O6/c1-14-4-2-7-19-21(14)24(32)27(23(19)31)26(13-20(29)15-8-10-17(25)11-9-15)22(30)16-5-3-6-18(12-16)28(33)34/h2-6,8-12,14,19,21H,7,13H2,1H3/t14-,19-,21-/m1/s1. The predicted molar refractivity (Wildman–Crippen MR) is 117 cm³/mol. The second-order valence-electron chi connectivity index (χ2n) is 8.24. The van der Waals surface area contributed by atoms with Crippen molar-refractivity contribution in [3.05, 3.63) is 87.7 Å². The lowest BCUT2D eigenvalue weighted by Crippen LogP contribution is -2.52. The van der Waals surface area contributed by atoms with Crippen molar-refractivity contribution in [2.75, 3.05) is 6.54 Å². The number of fused-ring (bicyclic) bond motifs is 1. The maximum Gasteiger partial charge on any atom is 0.273 e. The summed E-state index contributed by atoms with van der Waals surface area (Å²) in [6.45, 7) is 1.10. The molecule has 3 amide bonds. The number of nitrogens with zero attached hydrogens (tertiary/aromatic N) is 3. The first-order valence-electron chi connectivity index (χ1n) is 10.6. The number of Topliss-reactive ketones (excluding diaryl/α,β-unsaturated/α-hetero) is 1. The number of allylic oxidation sites excluding steroid dienone is 2. The van der Waals surface area contributed by atoms with Crippen LogP contribution in [0.25, 0.3) is 0 Å². The Bertz CT molecular complexity index is 1230. The third-order valence-electron chi connectivity index (χ3n) is 6.09. The van der Waals surface area contributed by atoms with Crippen LogP contribution in [0, 0.1) is 33.7 Å². The Hall–Kier alpha value is -4.21. The first-order valence-corrected chi connectivity index (χ1v) is 10.6. The molecule has 1 fully saturated rings. The molecular weight excluding hydrogens is 445 g/mol. The van der Waals surface area contributed by atoms with Gasteiger partial charge < -0.3 is 0 Å². The SMILES string of the molecule is C[C@@H]1C=CC[C@H]2C(=O)N(N(CC(=O)c3ccc(F)cc3)C(=O)c3cccc([N+](=O)[O-])c3)C(=O)[C@H]12. The van der Waals surface area contributed by atoms with Crippen LogP contribution in [0.1, 0.15) is 34.1 Å². The van der Waals surface area contributed by atoms with E-state index in [1.165, 1.54) is 30.3 Å². The molecule has 3 atom stereocenters. The molecule has 1 aliphatic carbocycles.